The first-order chi connectivity index (χ1) is 8.72. The Morgan fingerprint density at radius 2 is 2.39 bits per heavy atom. The van der Waals surface area contributed by atoms with E-state index in [-0.39, 0.29) is 17.6 Å². The quantitative estimate of drug-likeness (QED) is 0.858. The zero-order valence-corrected chi connectivity index (χ0v) is 10.3. The average molecular weight is 252 g/mol. The number of carbonyl (C=O) groups is 1. The highest BCUT2D eigenvalue weighted by molar-refractivity contribution is 5.99. The summed E-state index contributed by atoms with van der Waals surface area (Å²) in [7, 11) is 0. The van der Waals surface area contributed by atoms with Gasteiger partial charge in [0.25, 0.3) is 5.91 Å². The monoisotopic (exact) mass is 252 g/mol. The van der Waals surface area contributed by atoms with Crippen molar-refractivity contribution in [1.82, 2.24) is 5.32 Å². The van der Waals surface area contributed by atoms with E-state index < -0.39 is 5.82 Å². The van der Waals surface area contributed by atoms with Crippen LogP contribution in [0.1, 0.15) is 23.7 Å². The summed E-state index contributed by atoms with van der Waals surface area (Å²) in [5.41, 5.74) is 0.597. The van der Waals surface area contributed by atoms with Gasteiger partial charge in [-0.25, -0.2) is 4.39 Å². The molecule has 5 heteroatoms. The van der Waals surface area contributed by atoms with Gasteiger partial charge in [0, 0.05) is 13.2 Å². The Morgan fingerprint density at radius 1 is 1.56 bits per heavy atom. The van der Waals surface area contributed by atoms with E-state index in [4.69, 9.17) is 4.74 Å². The van der Waals surface area contributed by atoms with Crippen LogP contribution in [0, 0.1) is 5.82 Å². The maximum Gasteiger partial charge on any atom is 0.253 e. The second-order valence-corrected chi connectivity index (χ2v) is 4.23. The number of anilines is 1. The summed E-state index contributed by atoms with van der Waals surface area (Å²) in [6, 6.07) is 4.52. The van der Waals surface area contributed by atoms with E-state index >= 15 is 0 Å². The molecular weight excluding hydrogens is 235 g/mol. The Labute approximate surface area is 106 Å². The number of benzene rings is 1. The second-order valence-electron chi connectivity index (χ2n) is 4.23. The molecule has 1 amide bonds. The van der Waals surface area contributed by atoms with Crippen LogP contribution in [0.5, 0.6) is 0 Å². The van der Waals surface area contributed by atoms with Crippen molar-refractivity contribution in [2.75, 3.05) is 25.1 Å². The van der Waals surface area contributed by atoms with Gasteiger partial charge >= 0.3 is 0 Å². The Hall–Kier alpha value is -1.62. The first kappa shape index (κ1) is 12.8. The molecule has 1 aromatic carbocycles. The van der Waals surface area contributed by atoms with E-state index in [2.05, 4.69) is 10.6 Å². The normalized spacial score (nSPS) is 18.7. The molecule has 1 aromatic rings. The number of hydrogen-bond donors (Lipinski definition) is 2. The van der Waals surface area contributed by atoms with E-state index in [9.17, 15) is 9.18 Å². The molecule has 1 atom stereocenters. The summed E-state index contributed by atoms with van der Waals surface area (Å²) in [5.74, 6) is -0.673. The second kappa shape index (κ2) is 5.82. The fourth-order valence-corrected chi connectivity index (χ4v) is 1.98. The van der Waals surface area contributed by atoms with E-state index in [1.54, 1.807) is 6.07 Å². The van der Waals surface area contributed by atoms with E-state index in [0.717, 1.165) is 6.42 Å². The van der Waals surface area contributed by atoms with Crippen molar-refractivity contribution in [1.29, 1.82) is 0 Å². The summed E-state index contributed by atoms with van der Waals surface area (Å²) < 4.78 is 18.8. The molecule has 0 bridgehead atoms. The fraction of sp³-hybridized carbons (Fsp3) is 0.462. The van der Waals surface area contributed by atoms with Crippen LogP contribution in [-0.4, -0.2) is 31.7 Å². The van der Waals surface area contributed by atoms with Crippen LogP contribution in [0.4, 0.5) is 10.1 Å². The lowest BCUT2D eigenvalue weighted by molar-refractivity contribution is 0.0930. The maximum absolute atomic E-state index is 13.6. The number of amides is 1. The third kappa shape index (κ3) is 2.79. The summed E-state index contributed by atoms with van der Waals surface area (Å²) in [4.78, 5) is 12.1. The molecule has 4 nitrogen and oxygen atoms in total. The van der Waals surface area contributed by atoms with Crippen LogP contribution in [-0.2, 0) is 4.74 Å². The average Bonchev–Trinajstić information content (AvgIpc) is 2.84. The number of rotatable bonds is 4. The van der Waals surface area contributed by atoms with Gasteiger partial charge < -0.3 is 15.4 Å². The minimum atomic E-state index is -0.410. The molecule has 18 heavy (non-hydrogen) atoms. The molecule has 1 saturated heterocycles. The molecule has 0 saturated carbocycles. The molecule has 2 rings (SSSR count). The highest BCUT2D eigenvalue weighted by Gasteiger charge is 2.21. The Kier molecular flexibility index (Phi) is 4.15. The number of ether oxygens (including phenoxy) is 1. The maximum atomic E-state index is 13.6. The van der Waals surface area contributed by atoms with Crippen LogP contribution in [0.15, 0.2) is 18.2 Å². The van der Waals surface area contributed by atoms with Gasteiger partial charge in [-0.05, 0) is 25.5 Å². The molecule has 0 aromatic heterocycles. The molecule has 0 aliphatic carbocycles. The third-order valence-electron chi connectivity index (χ3n) is 2.88. The van der Waals surface area contributed by atoms with Gasteiger partial charge in [-0.1, -0.05) is 6.07 Å². The third-order valence-corrected chi connectivity index (χ3v) is 2.88. The van der Waals surface area contributed by atoms with Gasteiger partial charge in [-0.15, -0.1) is 0 Å². The summed E-state index contributed by atoms with van der Waals surface area (Å²) in [5, 5.41) is 5.73. The zero-order chi connectivity index (χ0) is 13.0. The number of carbonyl (C=O) groups excluding carboxylic acids is 1. The summed E-state index contributed by atoms with van der Waals surface area (Å²) >= 11 is 0. The van der Waals surface area contributed by atoms with Crippen LogP contribution in [0.2, 0.25) is 0 Å². The minimum Gasteiger partial charge on any atom is -0.382 e. The van der Waals surface area contributed by atoms with E-state index in [1.807, 2.05) is 6.92 Å². The van der Waals surface area contributed by atoms with Gasteiger partial charge in [0.05, 0.1) is 23.9 Å². The fourth-order valence-electron chi connectivity index (χ4n) is 1.98. The standard InChI is InChI=1S/C13H17FN2O2/c1-2-15-12-10(4-3-5-11(12)14)13(17)16-9-6-7-18-8-9/h3-5,9,15H,2,6-8H2,1H3,(H,16,17). The molecule has 0 radical (unpaired) electrons. The molecule has 1 heterocycles. The zero-order valence-electron chi connectivity index (χ0n) is 10.3. The van der Waals surface area contributed by atoms with Crippen molar-refractivity contribution in [2.45, 2.75) is 19.4 Å². The number of hydrogen-bond acceptors (Lipinski definition) is 3. The molecule has 2 N–H and O–H groups in total. The molecule has 98 valence electrons. The Bertz CT molecular complexity index is 431. The number of nitrogens with one attached hydrogen (secondary N) is 2. The highest BCUT2D eigenvalue weighted by atomic mass is 19.1. The molecule has 1 unspecified atom stereocenters. The lowest BCUT2D eigenvalue weighted by Crippen LogP contribution is -2.35. The molecule has 1 aliphatic heterocycles. The first-order valence-corrected chi connectivity index (χ1v) is 6.13. The summed E-state index contributed by atoms with van der Waals surface area (Å²) in [6.45, 7) is 3.61. The van der Waals surface area contributed by atoms with Gasteiger partial charge in [0.15, 0.2) is 0 Å². The van der Waals surface area contributed by atoms with Gasteiger partial charge in [-0.3, -0.25) is 4.79 Å². The lowest BCUT2D eigenvalue weighted by Gasteiger charge is -2.14. The van der Waals surface area contributed by atoms with Gasteiger partial charge in [0.1, 0.15) is 5.82 Å². The van der Waals surface area contributed by atoms with Crippen molar-refractivity contribution in [3.63, 3.8) is 0 Å². The van der Waals surface area contributed by atoms with Gasteiger partial charge in [0.2, 0.25) is 0 Å². The van der Waals surface area contributed by atoms with Crippen LogP contribution < -0.4 is 10.6 Å². The Morgan fingerprint density at radius 3 is 3.06 bits per heavy atom. The summed E-state index contributed by atoms with van der Waals surface area (Å²) in [6.07, 6.45) is 0.803. The topological polar surface area (TPSA) is 50.4 Å². The predicted molar refractivity (Wildman–Crippen MR) is 67.3 cm³/mol. The molecule has 0 spiro atoms. The van der Waals surface area contributed by atoms with Gasteiger partial charge in [-0.2, -0.15) is 0 Å². The molecule has 1 aliphatic rings. The van der Waals surface area contributed by atoms with Crippen molar-refractivity contribution in [3.8, 4) is 0 Å². The van der Waals surface area contributed by atoms with Crippen molar-refractivity contribution < 1.29 is 13.9 Å². The SMILES string of the molecule is CCNc1c(F)cccc1C(=O)NC1CCOC1. The number of para-hydroxylation sites is 1. The smallest absolute Gasteiger partial charge is 0.253 e. The van der Waals surface area contributed by atoms with E-state index in [1.165, 1.54) is 12.1 Å². The Balaban J connectivity index is 2.15. The first-order valence-electron chi connectivity index (χ1n) is 6.13. The predicted octanol–water partition coefficient (Wildman–Crippen LogP) is 1.78. The number of halogens is 1. The van der Waals surface area contributed by atoms with Crippen LogP contribution in [0.25, 0.3) is 0 Å². The van der Waals surface area contributed by atoms with Crippen molar-refractivity contribution >= 4 is 11.6 Å². The van der Waals surface area contributed by atoms with E-state index in [0.29, 0.717) is 25.3 Å². The van der Waals surface area contributed by atoms with Crippen LogP contribution >= 0.6 is 0 Å². The van der Waals surface area contributed by atoms with Crippen molar-refractivity contribution in [3.05, 3.63) is 29.6 Å². The molecular formula is C13H17FN2O2. The lowest BCUT2D eigenvalue weighted by atomic mass is 10.1. The van der Waals surface area contributed by atoms with Crippen LogP contribution in [0.3, 0.4) is 0 Å². The minimum absolute atomic E-state index is 0.0234. The molecule has 1 fully saturated rings. The van der Waals surface area contributed by atoms with Crippen molar-refractivity contribution in [2.24, 2.45) is 0 Å². The highest BCUT2D eigenvalue weighted by Crippen LogP contribution is 2.20. The largest absolute Gasteiger partial charge is 0.382 e.